The summed E-state index contributed by atoms with van der Waals surface area (Å²) < 4.78 is 8.61. The van der Waals surface area contributed by atoms with E-state index in [1.165, 1.54) is 0 Å². The molecule has 3 rings (SSSR count). The quantitative estimate of drug-likeness (QED) is 0.289. The number of fused-ring (bicyclic) bond motifs is 1. The predicted molar refractivity (Wildman–Crippen MR) is 98.3 cm³/mol. The van der Waals surface area contributed by atoms with Crippen LogP contribution in [0, 0.1) is 13.8 Å². The smallest absolute Gasteiger partial charge is 0.347 e. The number of carbonyl (C=O) groups excluding carboxylic acids is 1. The summed E-state index contributed by atoms with van der Waals surface area (Å²) in [5, 5.41) is 0.685. The van der Waals surface area contributed by atoms with Crippen LogP contribution < -0.4 is 27.2 Å². The maximum Gasteiger partial charge on any atom is 0.347 e. The fraction of sp³-hybridized carbons (Fsp3) is 0.167. The van der Waals surface area contributed by atoms with Crippen molar-refractivity contribution >= 4 is 48.6 Å². The van der Waals surface area contributed by atoms with E-state index in [1.807, 2.05) is 38.4 Å². The van der Waals surface area contributed by atoms with Crippen LogP contribution in [0.25, 0.3) is 11.0 Å². The highest BCUT2D eigenvalue weighted by Gasteiger charge is 2.19. The van der Waals surface area contributed by atoms with E-state index in [4.69, 9.17) is 4.42 Å². The molecule has 0 saturated heterocycles. The van der Waals surface area contributed by atoms with Crippen molar-refractivity contribution in [3.8, 4) is 0 Å². The third-order valence-corrected chi connectivity index (χ3v) is 4.62. The molecule has 0 spiro atoms. The Hall–Kier alpha value is -1.31. The van der Waals surface area contributed by atoms with E-state index in [1.54, 1.807) is 16.7 Å². The summed E-state index contributed by atoms with van der Waals surface area (Å²) in [6, 6.07) is 7.21. The molecule has 0 aliphatic carbocycles. The third kappa shape index (κ3) is 4.46. The lowest BCUT2D eigenvalue weighted by Gasteiger charge is -2.04. The number of rotatable bonds is 3. The number of ketones is 1. The van der Waals surface area contributed by atoms with Gasteiger partial charge in [-0.2, -0.15) is 4.57 Å². The van der Waals surface area contributed by atoms with Gasteiger partial charge in [-0.05, 0) is 54.0 Å². The molecule has 0 radical (unpaired) electrons. The van der Waals surface area contributed by atoms with E-state index in [0.29, 0.717) is 15.4 Å². The fourth-order valence-corrected chi connectivity index (χ4v) is 4.03. The summed E-state index contributed by atoms with van der Waals surface area (Å²) >= 11 is 6.76. The van der Waals surface area contributed by atoms with Crippen LogP contribution in [0.1, 0.15) is 21.5 Å². The largest absolute Gasteiger partial charge is 1.00 e. The van der Waals surface area contributed by atoms with Gasteiger partial charge in [-0.25, -0.2) is 4.79 Å². The predicted octanol–water partition coefficient (Wildman–Crippen LogP) is 1.11. The Bertz CT molecular complexity index is 1010. The lowest BCUT2D eigenvalue weighted by atomic mass is 10.1. The molecular weight excluding hydrogens is 518 g/mol. The Morgan fingerprint density at radius 2 is 1.72 bits per heavy atom. The van der Waals surface area contributed by atoms with Gasteiger partial charge in [0, 0.05) is 21.0 Å². The first-order valence-electron chi connectivity index (χ1n) is 7.27. The number of pyridine rings is 1. The highest BCUT2D eigenvalue weighted by atomic mass is 79.9. The minimum atomic E-state index is -0.625. The average Bonchev–Trinajstić information content (AvgIpc) is 2.46. The van der Waals surface area contributed by atoms with E-state index in [2.05, 4.69) is 31.9 Å². The molecule has 25 heavy (non-hydrogen) atoms. The fourth-order valence-electron chi connectivity index (χ4n) is 2.69. The molecule has 4 nitrogen and oxygen atoms in total. The zero-order valence-electron chi connectivity index (χ0n) is 13.5. The van der Waals surface area contributed by atoms with Crippen molar-refractivity contribution in [1.29, 1.82) is 0 Å². The minimum Gasteiger partial charge on any atom is -1.00 e. The topological polar surface area (TPSA) is 51.2 Å². The summed E-state index contributed by atoms with van der Waals surface area (Å²) in [5.74, 6) is -0.281. The molecule has 0 amide bonds. The SMILES string of the molecule is Cc1cc(C)c[n+](CC(=O)c2cc3cc(Br)cc(Br)c3oc2=O)c1.[Br-]. The van der Waals surface area contributed by atoms with Crippen molar-refractivity contribution in [3.63, 3.8) is 0 Å². The molecule has 2 aromatic heterocycles. The van der Waals surface area contributed by atoms with Crippen LogP contribution in [-0.2, 0) is 6.54 Å². The van der Waals surface area contributed by atoms with E-state index in [0.717, 1.165) is 15.6 Å². The van der Waals surface area contributed by atoms with E-state index >= 15 is 0 Å². The molecule has 7 heteroatoms. The van der Waals surface area contributed by atoms with Crippen LogP contribution in [-0.4, -0.2) is 5.78 Å². The molecule has 1 aromatic carbocycles. The summed E-state index contributed by atoms with van der Waals surface area (Å²) in [7, 11) is 0. The van der Waals surface area contributed by atoms with Gasteiger partial charge in [0.15, 0.2) is 18.0 Å². The molecule has 0 aliphatic rings. The van der Waals surface area contributed by atoms with Crippen LogP contribution in [0.4, 0.5) is 0 Å². The van der Waals surface area contributed by atoms with Crippen LogP contribution in [0.3, 0.4) is 0 Å². The maximum absolute atomic E-state index is 12.6. The number of aromatic nitrogens is 1. The molecule has 2 heterocycles. The van der Waals surface area contributed by atoms with Crippen molar-refractivity contribution in [2.24, 2.45) is 0 Å². The summed E-state index contributed by atoms with van der Waals surface area (Å²) in [4.78, 5) is 24.8. The summed E-state index contributed by atoms with van der Waals surface area (Å²) in [6.07, 6.45) is 3.75. The molecule has 0 atom stereocenters. The normalized spacial score (nSPS) is 10.6. The summed E-state index contributed by atoms with van der Waals surface area (Å²) in [6.45, 7) is 4.02. The van der Waals surface area contributed by atoms with Gasteiger partial charge in [-0.1, -0.05) is 15.9 Å². The molecule has 0 unspecified atom stereocenters. The Morgan fingerprint density at radius 3 is 2.36 bits per heavy atom. The second-order valence-electron chi connectivity index (χ2n) is 5.74. The number of Topliss-reactive ketones (excluding diaryl/α,β-unsaturated/α-hetero) is 1. The average molecular weight is 532 g/mol. The maximum atomic E-state index is 12.6. The highest BCUT2D eigenvalue weighted by Crippen LogP contribution is 2.28. The van der Waals surface area contributed by atoms with Gasteiger partial charge in [-0.3, -0.25) is 4.79 Å². The van der Waals surface area contributed by atoms with Gasteiger partial charge in [0.25, 0.3) is 0 Å². The number of aryl methyl sites for hydroxylation is 2. The van der Waals surface area contributed by atoms with Crippen molar-refractivity contribution in [3.05, 3.63) is 72.7 Å². The zero-order chi connectivity index (χ0) is 17.4. The third-order valence-electron chi connectivity index (χ3n) is 3.57. The standard InChI is InChI=1S/C18H14Br2NO3.BrH/c1-10-3-11(2)8-21(7-10)9-16(22)14-5-12-4-13(19)6-15(20)17(12)24-18(14)23;/h3-8H,9H2,1-2H3;1H/q+1;/p-1. The Morgan fingerprint density at radius 1 is 1.08 bits per heavy atom. The number of benzene rings is 1. The van der Waals surface area contributed by atoms with Crippen molar-refractivity contribution in [2.45, 2.75) is 20.4 Å². The first-order chi connectivity index (χ1) is 11.3. The van der Waals surface area contributed by atoms with Gasteiger partial charge >= 0.3 is 5.63 Å². The van der Waals surface area contributed by atoms with Gasteiger partial charge in [0.05, 0.1) is 4.47 Å². The molecule has 0 fully saturated rings. The van der Waals surface area contributed by atoms with Crippen molar-refractivity contribution < 1.29 is 30.8 Å². The molecule has 0 saturated carbocycles. The van der Waals surface area contributed by atoms with Crippen molar-refractivity contribution in [2.75, 3.05) is 0 Å². The van der Waals surface area contributed by atoms with Crippen LogP contribution in [0.5, 0.6) is 0 Å². The van der Waals surface area contributed by atoms with E-state index in [9.17, 15) is 9.59 Å². The minimum absolute atomic E-state index is 0. The van der Waals surface area contributed by atoms with Crippen LogP contribution >= 0.6 is 31.9 Å². The summed E-state index contributed by atoms with van der Waals surface area (Å²) in [5.41, 5.74) is 1.97. The van der Waals surface area contributed by atoms with Crippen LogP contribution in [0.15, 0.2) is 54.8 Å². The molecular formula is C18H14Br3NO3. The Labute approximate surface area is 171 Å². The molecule has 3 aromatic rings. The number of carbonyl (C=O) groups is 1. The number of nitrogens with zero attached hydrogens (tertiary/aromatic N) is 1. The van der Waals surface area contributed by atoms with E-state index in [-0.39, 0.29) is 34.9 Å². The second-order valence-corrected chi connectivity index (χ2v) is 7.51. The van der Waals surface area contributed by atoms with Gasteiger partial charge in [0.1, 0.15) is 5.56 Å². The van der Waals surface area contributed by atoms with E-state index < -0.39 is 5.63 Å². The number of halogens is 3. The van der Waals surface area contributed by atoms with Gasteiger partial charge < -0.3 is 21.4 Å². The molecule has 0 bridgehead atoms. The van der Waals surface area contributed by atoms with Gasteiger partial charge in [-0.15, -0.1) is 0 Å². The highest BCUT2D eigenvalue weighted by molar-refractivity contribution is 9.11. The second kappa shape index (κ2) is 7.93. The van der Waals surface area contributed by atoms with Crippen LogP contribution in [0.2, 0.25) is 0 Å². The monoisotopic (exact) mass is 529 g/mol. The lowest BCUT2D eigenvalue weighted by Crippen LogP contribution is -3.00. The Kier molecular flexibility index (Phi) is 6.35. The molecule has 0 aliphatic heterocycles. The Balaban J connectivity index is 0.00000225. The van der Waals surface area contributed by atoms with Gasteiger partial charge in [0.2, 0.25) is 12.3 Å². The zero-order valence-corrected chi connectivity index (χ0v) is 18.2. The number of hydrogen-bond acceptors (Lipinski definition) is 3. The molecule has 0 N–H and O–H groups in total. The lowest BCUT2D eigenvalue weighted by molar-refractivity contribution is -0.683. The number of hydrogen-bond donors (Lipinski definition) is 0. The van der Waals surface area contributed by atoms with Crippen molar-refractivity contribution in [1.82, 2.24) is 0 Å². The first kappa shape index (κ1) is 20.0. The first-order valence-corrected chi connectivity index (χ1v) is 8.85. The molecule has 130 valence electrons.